The van der Waals surface area contributed by atoms with Gasteiger partial charge in [0.15, 0.2) is 0 Å². The van der Waals surface area contributed by atoms with Gasteiger partial charge in [0.25, 0.3) is 0 Å². The van der Waals surface area contributed by atoms with Crippen molar-refractivity contribution in [2.45, 2.75) is 109 Å². The minimum atomic E-state index is -4.59. The maximum absolute atomic E-state index is 11.7. The van der Waals surface area contributed by atoms with Crippen molar-refractivity contribution in [2.24, 2.45) is 46.3 Å². The molecule has 4 aliphatic carbocycles. The lowest BCUT2D eigenvalue weighted by Crippen LogP contribution is -2.62. The van der Waals surface area contributed by atoms with Gasteiger partial charge in [-0.3, -0.25) is 4.55 Å². The Morgan fingerprint density at radius 1 is 0.971 bits per heavy atom. The summed E-state index contributed by atoms with van der Waals surface area (Å²) >= 11 is 0. The maximum atomic E-state index is 11.7. The van der Waals surface area contributed by atoms with Crippen LogP contribution in [-0.2, 0) is 14.6 Å². The van der Waals surface area contributed by atoms with Gasteiger partial charge in [0.1, 0.15) is 0 Å². The Balaban J connectivity index is 1.50. The van der Waals surface area contributed by atoms with E-state index in [4.69, 9.17) is 8.74 Å². The van der Waals surface area contributed by atoms with Gasteiger partial charge >= 0.3 is 10.4 Å². The topological polar surface area (TPSA) is 145 Å². The molecule has 5 N–H and O–H groups in total. The van der Waals surface area contributed by atoms with Gasteiger partial charge in [-0.25, -0.2) is 4.18 Å². The Kier molecular flexibility index (Phi) is 8.02. The Bertz CT molecular complexity index is 850. The molecule has 35 heavy (non-hydrogen) atoms. The summed E-state index contributed by atoms with van der Waals surface area (Å²) in [6.45, 7) is 6.43. The molecule has 0 bridgehead atoms. The second-order valence-corrected chi connectivity index (χ2v) is 13.8. The molecule has 0 spiro atoms. The molecule has 0 aromatic heterocycles. The average Bonchev–Trinajstić information content (AvgIpc) is 3.11. The van der Waals surface area contributed by atoms with Crippen LogP contribution < -0.4 is 0 Å². The van der Waals surface area contributed by atoms with Crippen molar-refractivity contribution in [3.63, 3.8) is 0 Å². The van der Waals surface area contributed by atoms with E-state index in [1.165, 1.54) is 0 Å². The standard InChI is InChI=1S/C26H46O8S/c1-15(4-5-18(9-11-27)34-35(31,32)33)19-6-7-20-24-21(14-23(30)26(19,20)3)25(2)10-8-17(28)12-16(25)13-22(24)29/h15-24,27-30H,4-14H2,1-3H3,(H,31,32,33). The molecule has 4 saturated carbocycles. The number of hydrogen-bond acceptors (Lipinski definition) is 7. The van der Waals surface area contributed by atoms with Crippen molar-refractivity contribution in [1.82, 2.24) is 0 Å². The van der Waals surface area contributed by atoms with E-state index >= 15 is 0 Å². The summed E-state index contributed by atoms with van der Waals surface area (Å²) < 4.78 is 36.2. The van der Waals surface area contributed by atoms with Crippen LogP contribution in [0.3, 0.4) is 0 Å². The van der Waals surface area contributed by atoms with Gasteiger partial charge in [0.2, 0.25) is 0 Å². The summed E-state index contributed by atoms with van der Waals surface area (Å²) in [4.78, 5) is 0. The highest BCUT2D eigenvalue weighted by Gasteiger charge is 2.65. The van der Waals surface area contributed by atoms with Crippen LogP contribution in [0, 0.1) is 46.3 Å². The van der Waals surface area contributed by atoms with E-state index in [0.29, 0.717) is 25.2 Å². The third kappa shape index (κ3) is 5.08. The molecule has 4 fully saturated rings. The second-order valence-electron chi connectivity index (χ2n) is 12.7. The minimum absolute atomic E-state index is 0.0414. The third-order valence-corrected chi connectivity index (χ3v) is 11.7. The van der Waals surface area contributed by atoms with Gasteiger partial charge < -0.3 is 20.4 Å². The molecule has 0 radical (unpaired) electrons. The normalized spacial score (nSPS) is 47.4. The number of rotatable bonds is 8. The summed E-state index contributed by atoms with van der Waals surface area (Å²) in [5, 5.41) is 42.6. The number of fused-ring (bicyclic) bond motifs is 5. The lowest BCUT2D eigenvalue weighted by atomic mass is 9.43. The highest BCUT2D eigenvalue weighted by Crippen LogP contribution is 2.68. The summed E-state index contributed by atoms with van der Waals surface area (Å²) in [6.07, 6.45) is 5.06. The summed E-state index contributed by atoms with van der Waals surface area (Å²) in [5.74, 6) is 1.35. The zero-order chi connectivity index (χ0) is 25.8. The number of aliphatic hydroxyl groups is 4. The van der Waals surface area contributed by atoms with E-state index in [1.807, 2.05) is 0 Å². The molecule has 0 aromatic carbocycles. The fourth-order valence-electron chi connectivity index (χ4n) is 9.34. The number of hydrogen-bond donors (Lipinski definition) is 5. The van der Waals surface area contributed by atoms with Gasteiger partial charge in [-0.1, -0.05) is 20.8 Å². The fraction of sp³-hybridized carbons (Fsp3) is 1.00. The first-order valence-electron chi connectivity index (χ1n) is 13.6. The molecular formula is C26H46O8S. The van der Waals surface area contributed by atoms with E-state index < -0.39 is 28.7 Å². The molecular weight excluding hydrogens is 472 g/mol. The molecule has 12 atom stereocenters. The zero-order valence-electron chi connectivity index (χ0n) is 21.4. The van der Waals surface area contributed by atoms with Crippen LogP contribution >= 0.6 is 0 Å². The lowest BCUT2D eigenvalue weighted by Gasteiger charge is -2.63. The second kappa shape index (κ2) is 10.1. The monoisotopic (exact) mass is 518 g/mol. The van der Waals surface area contributed by atoms with Crippen LogP contribution in [-0.4, -0.2) is 64.4 Å². The van der Waals surface area contributed by atoms with Crippen molar-refractivity contribution in [3.8, 4) is 0 Å². The van der Waals surface area contributed by atoms with Gasteiger partial charge in [-0.2, -0.15) is 8.42 Å². The summed E-state index contributed by atoms with van der Waals surface area (Å²) in [7, 11) is -4.59. The predicted octanol–water partition coefficient (Wildman–Crippen LogP) is 2.93. The quantitative estimate of drug-likeness (QED) is 0.309. The SMILES string of the molecule is CC(CCC(CCO)OS(=O)(=O)O)C1CCC2C3C(O)CC4CC(O)CCC4(C)C3CC(O)C12C. The Morgan fingerprint density at radius 3 is 2.34 bits per heavy atom. The van der Waals surface area contributed by atoms with Crippen LogP contribution in [0.15, 0.2) is 0 Å². The van der Waals surface area contributed by atoms with Crippen LogP contribution in [0.5, 0.6) is 0 Å². The highest BCUT2D eigenvalue weighted by molar-refractivity contribution is 7.80. The predicted molar refractivity (Wildman–Crippen MR) is 131 cm³/mol. The van der Waals surface area contributed by atoms with Crippen molar-refractivity contribution < 1.29 is 37.6 Å². The van der Waals surface area contributed by atoms with Crippen molar-refractivity contribution in [2.75, 3.05) is 6.61 Å². The lowest BCUT2D eigenvalue weighted by molar-refractivity contribution is -0.207. The van der Waals surface area contributed by atoms with E-state index in [-0.39, 0.29) is 59.6 Å². The van der Waals surface area contributed by atoms with E-state index in [1.54, 1.807) is 0 Å². The summed E-state index contributed by atoms with van der Waals surface area (Å²) in [6, 6.07) is 0. The molecule has 4 rings (SSSR count). The van der Waals surface area contributed by atoms with Crippen molar-refractivity contribution >= 4 is 10.4 Å². The van der Waals surface area contributed by atoms with Gasteiger partial charge in [0.05, 0.1) is 24.4 Å². The molecule has 0 heterocycles. The zero-order valence-corrected chi connectivity index (χ0v) is 22.2. The fourth-order valence-corrected chi connectivity index (χ4v) is 9.87. The van der Waals surface area contributed by atoms with E-state index in [2.05, 4.69) is 20.8 Å². The van der Waals surface area contributed by atoms with Gasteiger partial charge in [-0.05, 0) is 111 Å². The molecule has 0 amide bonds. The molecule has 8 nitrogen and oxygen atoms in total. The molecule has 0 saturated heterocycles. The maximum Gasteiger partial charge on any atom is 0.397 e. The van der Waals surface area contributed by atoms with Crippen LogP contribution in [0.2, 0.25) is 0 Å². The summed E-state index contributed by atoms with van der Waals surface area (Å²) in [5.41, 5.74) is -0.283. The third-order valence-electron chi connectivity index (χ3n) is 11.2. The van der Waals surface area contributed by atoms with Crippen LogP contribution in [0.25, 0.3) is 0 Å². The Labute approximate surface area is 210 Å². The molecule has 0 aromatic rings. The average molecular weight is 519 g/mol. The first kappa shape index (κ1) is 27.7. The number of aliphatic hydroxyl groups excluding tert-OH is 4. The van der Waals surface area contributed by atoms with Crippen LogP contribution in [0.4, 0.5) is 0 Å². The van der Waals surface area contributed by atoms with Crippen molar-refractivity contribution in [3.05, 3.63) is 0 Å². The van der Waals surface area contributed by atoms with Crippen molar-refractivity contribution in [1.29, 1.82) is 0 Å². The largest absolute Gasteiger partial charge is 0.397 e. The first-order chi connectivity index (χ1) is 16.3. The Hall–Kier alpha value is -0.290. The van der Waals surface area contributed by atoms with Crippen LogP contribution in [0.1, 0.15) is 85.0 Å². The van der Waals surface area contributed by atoms with Gasteiger partial charge in [-0.15, -0.1) is 0 Å². The molecule has 9 heteroatoms. The Morgan fingerprint density at radius 2 is 1.69 bits per heavy atom. The first-order valence-corrected chi connectivity index (χ1v) is 15.0. The minimum Gasteiger partial charge on any atom is -0.396 e. The highest BCUT2D eigenvalue weighted by atomic mass is 32.3. The molecule has 204 valence electrons. The van der Waals surface area contributed by atoms with Gasteiger partial charge in [0, 0.05) is 6.61 Å². The molecule has 12 unspecified atom stereocenters. The molecule has 0 aliphatic heterocycles. The smallest absolute Gasteiger partial charge is 0.396 e. The molecule has 4 aliphatic rings. The van der Waals surface area contributed by atoms with E-state index in [0.717, 1.165) is 38.5 Å². The van der Waals surface area contributed by atoms with E-state index in [9.17, 15) is 28.8 Å².